The van der Waals surface area contributed by atoms with Crippen molar-refractivity contribution in [3.05, 3.63) is 23.0 Å². The monoisotopic (exact) mass is 296 g/mol. The van der Waals surface area contributed by atoms with Crippen LogP contribution < -0.4 is 11.1 Å². The lowest BCUT2D eigenvalue weighted by Gasteiger charge is -2.08. The van der Waals surface area contributed by atoms with Crippen molar-refractivity contribution in [2.75, 3.05) is 12.3 Å². The van der Waals surface area contributed by atoms with Crippen LogP contribution in [0.1, 0.15) is 12.8 Å². The third-order valence-corrected chi connectivity index (χ3v) is 3.69. The molecule has 1 aromatic carbocycles. The van der Waals surface area contributed by atoms with Gasteiger partial charge >= 0.3 is 0 Å². The first kappa shape index (κ1) is 13.2. The normalized spacial score (nSPS) is 14.7. The minimum absolute atomic E-state index is 0.0284. The summed E-state index contributed by atoms with van der Waals surface area (Å²) in [5.41, 5.74) is 6.93. The van der Waals surface area contributed by atoms with Crippen molar-refractivity contribution >= 4 is 34.5 Å². The predicted molar refractivity (Wildman–Crippen MR) is 74.8 cm³/mol. The van der Waals surface area contributed by atoms with E-state index < -0.39 is 5.82 Å². The number of hydrogen-bond acceptors (Lipinski definition) is 3. The highest BCUT2D eigenvalue weighted by Crippen LogP contribution is 2.28. The summed E-state index contributed by atoms with van der Waals surface area (Å²) in [6.07, 6.45) is 1.94. The highest BCUT2D eigenvalue weighted by atomic mass is 35.5. The Balaban J connectivity index is 1.77. The van der Waals surface area contributed by atoms with Crippen LogP contribution in [0.4, 0.5) is 10.3 Å². The fourth-order valence-corrected chi connectivity index (χ4v) is 2.31. The Morgan fingerprint density at radius 2 is 2.30 bits per heavy atom. The van der Waals surface area contributed by atoms with Gasteiger partial charge in [0.2, 0.25) is 11.9 Å². The van der Waals surface area contributed by atoms with Crippen molar-refractivity contribution < 1.29 is 9.18 Å². The summed E-state index contributed by atoms with van der Waals surface area (Å²) in [5.74, 6) is 0.0145. The summed E-state index contributed by atoms with van der Waals surface area (Å²) in [4.78, 5) is 15.6. The number of imidazole rings is 1. The number of nitrogens with zero attached hydrogens (tertiary/aromatic N) is 2. The molecule has 1 fully saturated rings. The van der Waals surface area contributed by atoms with Gasteiger partial charge in [-0.1, -0.05) is 11.6 Å². The summed E-state index contributed by atoms with van der Waals surface area (Å²) in [7, 11) is 0. The maximum atomic E-state index is 13.4. The summed E-state index contributed by atoms with van der Waals surface area (Å²) in [5, 5.41) is 2.88. The number of nitrogen functional groups attached to an aromatic ring is 1. The molecule has 0 atom stereocenters. The largest absolute Gasteiger partial charge is 0.369 e. The number of aromatic nitrogens is 2. The number of halogens is 2. The summed E-state index contributed by atoms with van der Waals surface area (Å²) >= 11 is 5.78. The van der Waals surface area contributed by atoms with E-state index >= 15 is 0 Å². The standard InChI is InChI=1S/C13H14ClFN4O/c14-8-5-11-10(6-9(8)15)18-13(16)19(11)4-3-17-12(20)7-1-2-7/h5-7H,1-4H2,(H2,16,18)(H,17,20). The van der Waals surface area contributed by atoms with Crippen LogP contribution in [-0.2, 0) is 11.3 Å². The van der Waals surface area contributed by atoms with Gasteiger partial charge in [0.05, 0.1) is 16.1 Å². The third kappa shape index (κ3) is 2.43. The van der Waals surface area contributed by atoms with Crippen LogP contribution in [0.5, 0.6) is 0 Å². The maximum absolute atomic E-state index is 13.4. The molecular weight excluding hydrogens is 283 g/mol. The van der Waals surface area contributed by atoms with E-state index in [4.69, 9.17) is 17.3 Å². The molecule has 1 saturated carbocycles. The number of anilines is 1. The van der Waals surface area contributed by atoms with Crippen molar-refractivity contribution in [2.24, 2.45) is 5.92 Å². The first-order chi connectivity index (χ1) is 9.56. The van der Waals surface area contributed by atoms with Crippen molar-refractivity contribution in [3.8, 4) is 0 Å². The molecule has 0 spiro atoms. The topological polar surface area (TPSA) is 72.9 Å². The fraction of sp³-hybridized carbons (Fsp3) is 0.385. The van der Waals surface area contributed by atoms with Crippen molar-refractivity contribution in [1.82, 2.24) is 14.9 Å². The molecule has 0 saturated heterocycles. The van der Waals surface area contributed by atoms with Crippen LogP contribution in [0.25, 0.3) is 11.0 Å². The van der Waals surface area contributed by atoms with Gasteiger partial charge in [-0.25, -0.2) is 9.37 Å². The average Bonchev–Trinajstić information content (AvgIpc) is 3.19. The molecule has 106 valence electrons. The van der Waals surface area contributed by atoms with E-state index in [0.717, 1.165) is 12.8 Å². The van der Waals surface area contributed by atoms with Crippen molar-refractivity contribution in [3.63, 3.8) is 0 Å². The third-order valence-electron chi connectivity index (χ3n) is 3.40. The fourth-order valence-electron chi connectivity index (χ4n) is 2.15. The van der Waals surface area contributed by atoms with E-state index in [2.05, 4.69) is 10.3 Å². The van der Waals surface area contributed by atoms with E-state index in [0.29, 0.717) is 24.1 Å². The van der Waals surface area contributed by atoms with Crippen LogP contribution in [0.3, 0.4) is 0 Å². The van der Waals surface area contributed by atoms with E-state index in [-0.39, 0.29) is 22.8 Å². The number of rotatable bonds is 4. The average molecular weight is 297 g/mol. The molecule has 5 nitrogen and oxygen atoms in total. The molecule has 20 heavy (non-hydrogen) atoms. The molecule has 1 aromatic heterocycles. The van der Waals surface area contributed by atoms with Gasteiger partial charge < -0.3 is 15.6 Å². The molecule has 3 N–H and O–H groups in total. The molecule has 1 amide bonds. The lowest BCUT2D eigenvalue weighted by atomic mass is 10.3. The highest BCUT2D eigenvalue weighted by molar-refractivity contribution is 6.31. The Kier molecular flexibility index (Phi) is 3.25. The number of carbonyl (C=O) groups excluding carboxylic acids is 1. The van der Waals surface area contributed by atoms with Gasteiger partial charge in [-0.05, 0) is 18.9 Å². The summed E-state index contributed by atoms with van der Waals surface area (Å²) < 4.78 is 15.1. The number of nitrogens with one attached hydrogen (secondary N) is 1. The van der Waals surface area contributed by atoms with E-state index in [9.17, 15) is 9.18 Å². The molecule has 0 radical (unpaired) electrons. The first-order valence-corrected chi connectivity index (χ1v) is 6.82. The Bertz CT molecular complexity index is 681. The lowest BCUT2D eigenvalue weighted by Crippen LogP contribution is -2.28. The molecular formula is C13H14ClFN4O. The zero-order valence-corrected chi connectivity index (χ0v) is 11.5. The Labute approximate surface area is 119 Å². The second-order valence-electron chi connectivity index (χ2n) is 4.94. The number of benzene rings is 1. The molecule has 1 aliphatic rings. The van der Waals surface area contributed by atoms with Gasteiger partial charge in [-0.3, -0.25) is 4.79 Å². The predicted octanol–water partition coefficient (Wildman–Crippen LogP) is 1.94. The summed E-state index contributed by atoms with van der Waals surface area (Å²) in [6, 6.07) is 2.76. The molecule has 2 aromatic rings. The van der Waals surface area contributed by atoms with Gasteiger partial charge in [-0.2, -0.15) is 0 Å². The zero-order chi connectivity index (χ0) is 14.3. The van der Waals surface area contributed by atoms with E-state index in [1.165, 1.54) is 12.1 Å². The SMILES string of the molecule is Nc1nc2cc(F)c(Cl)cc2n1CCNC(=O)C1CC1. The van der Waals surface area contributed by atoms with Crippen LogP contribution in [0.2, 0.25) is 5.02 Å². The van der Waals surface area contributed by atoms with Crippen LogP contribution in [0, 0.1) is 11.7 Å². The smallest absolute Gasteiger partial charge is 0.223 e. The molecule has 0 bridgehead atoms. The number of carbonyl (C=O) groups is 1. The van der Waals surface area contributed by atoms with E-state index in [1.807, 2.05) is 0 Å². The Morgan fingerprint density at radius 1 is 1.55 bits per heavy atom. The molecule has 0 aliphatic heterocycles. The zero-order valence-electron chi connectivity index (χ0n) is 10.7. The van der Waals surface area contributed by atoms with Gasteiger partial charge in [-0.15, -0.1) is 0 Å². The van der Waals surface area contributed by atoms with Gasteiger partial charge in [0, 0.05) is 25.1 Å². The number of fused-ring (bicyclic) bond motifs is 1. The van der Waals surface area contributed by atoms with Gasteiger partial charge in [0.15, 0.2) is 0 Å². The molecule has 1 heterocycles. The first-order valence-electron chi connectivity index (χ1n) is 6.44. The van der Waals surface area contributed by atoms with Crippen LogP contribution in [-0.4, -0.2) is 22.0 Å². The molecule has 3 rings (SSSR count). The molecule has 7 heteroatoms. The quantitative estimate of drug-likeness (QED) is 0.905. The molecule has 1 aliphatic carbocycles. The Hall–Kier alpha value is -1.82. The second kappa shape index (κ2) is 4.94. The minimum atomic E-state index is -0.522. The van der Waals surface area contributed by atoms with Crippen LogP contribution >= 0.6 is 11.6 Å². The minimum Gasteiger partial charge on any atom is -0.369 e. The maximum Gasteiger partial charge on any atom is 0.223 e. The molecule has 0 unspecified atom stereocenters. The van der Waals surface area contributed by atoms with Gasteiger partial charge in [0.1, 0.15) is 5.82 Å². The van der Waals surface area contributed by atoms with E-state index in [1.54, 1.807) is 4.57 Å². The second-order valence-corrected chi connectivity index (χ2v) is 5.35. The van der Waals surface area contributed by atoms with Gasteiger partial charge in [0.25, 0.3) is 0 Å². The lowest BCUT2D eigenvalue weighted by molar-refractivity contribution is -0.122. The number of amides is 1. The van der Waals surface area contributed by atoms with Crippen LogP contribution in [0.15, 0.2) is 12.1 Å². The highest BCUT2D eigenvalue weighted by Gasteiger charge is 2.29. The Morgan fingerprint density at radius 3 is 3.00 bits per heavy atom. The number of nitrogens with two attached hydrogens (primary N) is 1. The van der Waals surface area contributed by atoms with Crippen molar-refractivity contribution in [2.45, 2.75) is 19.4 Å². The van der Waals surface area contributed by atoms with Crippen molar-refractivity contribution in [1.29, 1.82) is 0 Å². The number of hydrogen-bond donors (Lipinski definition) is 2. The summed E-state index contributed by atoms with van der Waals surface area (Å²) in [6.45, 7) is 0.933.